The van der Waals surface area contributed by atoms with Gasteiger partial charge in [-0.2, -0.15) is 0 Å². The fraction of sp³-hybridized carbons (Fsp3) is 0. The number of hydrogen-bond acceptors (Lipinski definition) is 2. The van der Waals surface area contributed by atoms with E-state index in [1.54, 1.807) is 18.2 Å². The summed E-state index contributed by atoms with van der Waals surface area (Å²) in [4.78, 5) is 16.0. The number of pyridine rings is 1. The molecular weight excluding hydrogens is 280 g/mol. The molecule has 0 spiro atoms. The Balaban J connectivity index is 2.51. The van der Waals surface area contributed by atoms with Crippen LogP contribution in [0, 0.1) is 0 Å². The topological polar surface area (TPSA) is 30.0 Å². The Bertz CT molecular complexity index is 584. The minimum atomic E-state index is -0.273. The molecule has 0 aliphatic heterocycles. The van der Waals surface area contributed by atoms with Gasteiger partial charge in [0.25, 0.3) is 0 Å². The highest BCUT2D eigenvalue weighted by molar-refractivity contribution is 6.39. The van der Waals surface area contributed by atoms with Gasteiger partial charge in [0.2, 0.25) is 0 Å². The lowest BCUT2D eigenvalue weighted by molar-refractivity contribution is 0.103. The number of nitrogens with zero attached hydrogens (tertiary/aromatic N) is 1. The maximum absolute atomic E-state index is 12.2. The summed E-state index contributed by atoms with van der Waals surface area (Å²) < 4.78 is 0. The Morgan fingerprint density at radius 3 is 2.47 bits per heavy atom. The molecule has 0 unspecified atom stereocenters. The van der Waals surface area contributed by atoms with Crippen molar-refractivity contribution in [3.05, 3.63) is 62.9 Å². The number of aromatic nitrogens is 1. The second-order valence-electron chi connectivity index (χ2n) is 3.31. The quantitative estimate of drug-likeness (QED) is 0.772. The molecule has 2 nitrogen and oxygen atoms in total. The van der Waals surface area contributed by atoms with E-state index in [1.807, 2.05) is 0 Å². The Morgan fingerprint density at radius 1 is 1.00 bits per heavy atom. The SMILES string of the molecule is O=C(c1ccncc1Cl)c1cc(Cl)ccc1Cl. The van der Waals surface area contributed by atoms with E-state index in [2.05, 4.69) is 4.98 Å². The molecule has 17 heavy (non-hydrogen) atoms. The third-order valence-corrected chi connectivity index (χ3v) is 3.06. The molecular formula is C12H6Cl3NO. The Labute approximate surface area is 113 Å². The van der Waals surface area contributed by atoms with Crippen molar-refractivity contribution in [1.29, 1.82) is 0 Å². The summed E-state index contributed by atoms with van der Waals surface area (Å²) in [6.45, 7) is 0. The van der Waals surface area contributed by atoms with E-state index in [0.717, 1.165) is 0 Å². The third kappa shape index (κ3) is 2.60. The van der Waals surface area contributed by atoms with Gasteiger partial charge in [0.05, 0.1) is 10.0 Å². The van der Waals surface area contributed by atoms with Gasteiger partial charge in [0, 0.05) is 28.5 Å². The first-order valence-electron chi connectivity index (χ1n) is 4.69. The lowest BCUT2D eigenvalue weighted by Gasteiger charge is -2.05. The summed E-state index contributed by atoms with van der Waals surface area (Å²) in [5, 5.41) is 1.07. The molecule has 0 aliphatic carbocycles. The summed E-state index contributed by atoms with van der Waals surface area (Å²) in [7, 11) is 0. The van der Waals surface area contributed by atoms with Crippen LogP contribution in [0.15, 0.2) is 36.7 Å². The lowest BCUT2D eigenvalue weighted by atomic mass is 10.0. The first-order chi connectivity index (χ1) is 8.09. The van der Waals surface area contributed by atoms with Crippen LogP contribution in [0.25, 0.3) is 0 Å². The molecule has 0 saturated carbocycles. The molecule has 1 aromatic heterocycles. The number of ketones is 1. The number of carbonyl (C=O) groups is 1. The first kappa shape index (κ1) is 12.4. The molecule has 0 saturated heterocycles. The normalized spacial score (nSPS) is 10.3. The van der Waals surface area contributed by atoms with Crippen LogP contribution >= 0.6 is 34.8 Å². The average molecular weight is 287 g/mol. The minimum Gasteiger partial charge on any atom is -0.288 e. The van der Waals surface area contributed by atoms with Crippen LogP contribution in [0.1, 0.15) is 15.9 Å². The molecule has 1 aromatic carbocycles. The van der Waals surface area contributed by atoms with Crippen molar-refractivity contribution in [3.8, 4) is 0 Å². The van der Waals surface area contributed by atoms with Crippen LogP contribution in [0.2, 0.25) is 15.1 Å². The molecule has 0 N–H and O–H groups in total. The molecule has 1 heterocycles. The van der Waals surface area contributed by atoms with Crippen molar-refractivity contribution in [2.45, 2.75) is 0 Å². The number of rotatable bonds is 2. The van der Waals surface area contributed by atoms with E-state index in [0.29, 0.717) is 21.2 Å². The van der Waals surface area contributed by atoms with E-state index >= 15 is 0 Å². The summed E-state index contributed by atoms with van der Waals surface area (Å²) in [5.74, 6) is -0.273. The van der Waals surface area contributed by atoms with E-state index in [4.69, 9.17) is 34.8 Å². The van der Waals surface area contributed by atoms with Gasteiger partial charge in [-0.05, 0) is 24.3 Å². The average Bonchev–Trinajstić information content (AvgIpc) is 2.32. The molecule has 2 rings (SSSR count). The maximum atomic E-state index is 12.2. The molecule has 2 aromatic rings. The van der Waals surface area contributed by atoms with Gasteiger partial charge in [-0.1, -0.05) is 34.8 Å². The Hall–Kier alpha value is -1.09. The van der Waals surface area contributed by atoms with Gasteiger partial charge < -0.3 is 0 Å². The highest BCUT2D eigenvalue weighted by atomic mass is 35.5. The molecule has 0 fully saturated rings. The molecule has 5 heteroatoms. The van der Waals surface area contributed by atoms with Gasteiger partial charge in [0.15, 0.2) is 5.78 Å². The largest absolute Gasteiger partial charge is 0.288 e. The molecule has 86 valence electrons. The zero-order valence-corrected chi connectivity index (χ0v) is 10.7. The van der Waals surface area contributed by atoms with Crippen molar-refractivity contribution in [1.82, 2.24) is 4.98 Å². The van der Waals surface area contributed by atoms with Gasteiger partial charge in [-0.25, -0.2) is 0 Å². The zero-order chi connectivity index (χ0) is 12.4. The van der Waals surface area contributed by atoms with Gasteiger partial charge in [-0.3, -0.25) is 9.78 Å². The van der Waals surface area contributed by atoms with Crippen LogP contribution in [0.3, 0.4) is 0 Å². The summed E-state index contributed by atoms with van der Waals surface area (Å²) in [6, 6.07) is 6.26. The predicted molar refractivity (Wildman–Crippen MR) is 69.1 cm³/mol. The van der Waals surface area contributed by atoms with Crippen LogP contribution in [-0.2, 0) is 0 Å². The molecule has 0 amide bonds. The van der Waals surface area contributed by atoms with E-state index in [1.165, 1.54) is 18.5 Å². The minimum absolute atomic E-state index is 0.273. The van der Waals surface area contributed by atoms with E-state index in [9.17, 15) is 4.79 Å². The highest BCUT2D eigenvalue weighted by Gasteiger charge is 2.16. The molecule has 0 bridgehead atoms. The van der Waals surface area contributed by atoms with Crippen LogP contribution < -0.4 is 0 Å². The number of carbonyl (C=O) groups excluding carboxylic acids is 1. The van der Waals surface area contributed by atoms with Crippen molar-refractivity contribution in [2.75, 3.05) is 0 Å². The van der Waals surface area contributed by atoms with Gasteiger partial charge in [-0.15, -0.1) is 0 Å². The highest BCUT2D eigenvalue weighted by Crippen LogP contribution is 2.25. The second-order valence-corrected chi connectivity index (χ2v) is 4.56. The second kappa shape index (κ2) is 5.05. The van der Waals surface area contributed by atoms with Gasteiger partial charge >= 0.3 is 0 Å². The third-order valence-electron chi connectivity index (χ3n) is 2.19. The van der Waals surface area contributed by atoms with Gasteiger partial charge in [0.1, 0.15) is 0 Å². The van der Waals surface area contributed by atoms with E-state index in [-0.39, 0.29) is 10.8 Å². The van der Waals surface area contributed by atoms with Crippen LogP contribution in [-0.4, -0.2) is 10.8 Å². The number of halogens is 3. The lowest BCUT2D eigenvalue weighted by Crippen LogP contribution is -2.03. The Kier molecular flexibility index (Phi) is 3.67. The smallest absolute Gasteiger partial charge is 0.196 e. The Morgan fingerprint density at radius 2 is 1.76 bits per heavy atom. The molecule has 0 radical (unpaired) electrons. The molecule has 0 aliphatic rings. The van der Waals surface area contributed by atoms with Crippen LogP contribution in [0.5, 0.6) is 0 Å². The monoisotopic (exact) mass is 285 g/mol. The van der Waals surface area contributed by atoms with Crippen molar-refractivity contribution < 1.29 is 4.79 Å². The van der Waals surface area contributed by atoms with E-state index < -0.39 is 0 Å². The standard InChI is InChI=1S/C12H6Cl3NO/c13-7-1-2-10(14)9(5-7)12(17)8-3-4-16-6-11(8)15/h1-6H. The predicted octanol–water partition coefficient (Wildman–Crippen LogP) is 4.27. The fourth-order valence-electron chi connectivity index (χ4n) is 1.38. The van der Waals surface area contributed by atoms with Crippen molar-refractivity contribution in [3.63, 3.8) is 0 Å². The zero-order valence-electron chi connectivity index (χ0n) is 8.45. The van der Waals surface area contributed by atoms with Crippen LogP contribution in [0.4, 0.5) is 0 Å². The molecule has 0 atom stereocenters. The first-order valence-corrected chi connectivity index (χ1v) is 5.82. The van der Waals surface area contributed by atoms with Crippen molar-refractivity contribution >= 4 is 40.6 Å². The number of benzene rings is 1. The summed E-state index contributed by atoms with van der Waals surface area (Å²) in [5.41, 5.74) is 0.679. The van der Waals surface area contributed by atoms with Crippen molar-refractivity contribution in [2.24, 2.45) is 0 Å². The fourth-order valence-corrected chi connectivity index (χ4v) is 1.96. The number of hydrogen-bond donors (Lipinski definition) is 0. The summed E-state index contributed by atoms with van der Waals surface area (Å²) in [6.07, 6.45) is 2.91. The maximum Gasteiger partial charge on any atom is 0.196 e. The summed E-state index contributed by atoms with van der Waals surface area (Å²) >= 11 is 17.7.